The van der Waals surface area contributed by atoms with E-state index in [-0.39, 0.29) is 0 Å². The van der Waals surface area contributed by atoms with Gasteiger partial charge in [0.25, 0.3) is 0 Å². The number of rotatable bonds is 2. The van der Waals surface area contributed by atoms with Crippen molar-refractivity contribution in [2.24, 2.45) is 0 Å². The Balaban J connectivity index is 2.17. The topological polar surface area (TPSA) is 42.7 Å². The monoisotopic (exact) mass is 214 g/mol. The van der Waals surface area contributed by atoms with Gasteiger partial charge in [0.1, 0.15) is 5.82 Å². The zero-order valence-corrected chi connectivity index (χ0v) is 9.27. The molecule has 0 aliphatic carbocycles. The maximum absolute atomic E-state index is 4.26. The molecule has 0 atom stereocenters. The molecule has 1 aromatic carbocycles. The lowest BCUT2D eigenvalue weighted by Gasteiger charge is -2.20. The van der Waals surface area contributed by atoms with E-state index in [2.05, 4.69) is 39.1 Å². The van der Waals surface area contributed by atoms with Crippen molar-refractivity contribution in [3.8, 4) is 5.69 Å². The molecule has 0 saturated carbocycles. The number of nitrogens with one attached hydrogen (secondary N) is 1. The molecule has 2 aromatic rings. The maximum atomic E-state index is 4.26. The summed E-state index contributed by atoms with van der Waals surface area (Å²) in [7, 11) is 0. The van der Waals surface area contributed by atoms with Crippen molar-refractivity contribution in [3.05, 3.63) is 35.9 Å². The highest BCUT2D eigenvalue weighted by Crippen LogP contribution is 2.27. The normalized spacial score (nSPS) is 12.8. The van der Waals surface area contributed by atoms with Gasteiger partial charge in [0.2, 0.25) is 0 Å². The Hall–Kier alpha value is -1.84. The van der Waals surface area contributed by atoms with Gasteiger partial charge >= 0.3 is 0 Å². The molecule has 0 amide bonds. The van der Waals surface area contributed by atoms with E-state index in [1.54, 1.807) is 0 Å². The fourth-order valence-corrected chi connectivity index (χ4v) is 2.12. The van der Waals surface area contributed by atoms with Crippen molar-refractivity contribution in [2.45, 2.75) is 26.3 Å². The van der Waals surface area contributed by atoms with E-state index in [1.807, 2.05) is 12.1 Å². The molecule has 1 aliphatic heterocycles. The summed E-state index contributed by atoms with van der Waals surface area (Å²) in [6.45, 7) is 2.92. The number of fused-ring (bicyclic) bond motifs is 3. The highest BCUT2D eigenvalue weighted by atomic mass is 15.3. The summed E-state index contributed by atoms with van der Waals surface area (Å²) in [5.41, 5.74) is 2.32. The minimum absolute atomic E-state index is 0.758. The lowest BCUT2D eigenvalue weighted by Crippen LogP contribution is -2.16. The largest absolute Gasteiger partial charge is 0.376 e. The molecule has 16 heavy (non-hydrogen) atoms. The molecule has 4 nitrogen and oxygen atoms in total. The summed E-state index contributed by atoms with van der Waals surface area (Å²) in [4.78, 5) is 0. The molecule has 1 aliphatic rings. The van der Waals surface area contributed by atoms with Gasteiger partial charge < -0.3 is 5.32 Å². The van der Waals surface area contributed by atoms with Crippen LogP contribution in [0.3, 0.4) is 0 Å². The first-order valence-electron chi connectivity index (χ1n) is 5.66. The first-order chi connectivity index (χ1) is 7.90. The summed E-state index contributed by atoms with van der Waals surface area (Å²) < 4.78 is 2.18. The first-order valence-corrected chi connectivity index (χ1v) is 5.66. The van der Waals surface area contributed by atoms with E-state index in [9.17, 15) is 0 Å². The molecule has 3 rings (SSSR count). The molecule has 4 heteroatoms. The fourth-order valence-electron chi connectivity index (χ4n) is 2.12. The van der Waals surface area contributed by atoms with E-state index in [0.717, 1.165) is 42.4 Å². The zero-order chi connectivity index (χ0) is 11.0. The van der Waals surface area contributed by atoms with Crippen molar-refractivity contribution >= 4 is 5.69 Å². The van der Waals surface area contributed by atoms with Crippen LogP contribution in [0, 0.1) is 0 Å². The average molecular weight is 214 g/mol. The number of hydrogen-bond donors (Lipinski definition) is 1. The van der Waals surface area contributed by atoms with E-state index in [4.69, 9.17) is 0 Å². The number of anilines is 1. The molecule has 2 heterocycles. The molecule has 1 aromatic heterocycles. The summed E-state index contributed by atoms with van der Waals surface area (Å²) in [6.07, 6.45) is 2.06. The standard InChI is InChI=1S/C12H14N4/c1-2-5-11-14-15-12-8-13-9-6-3-4-7-10(9)16(11)12/h3-4,6-7,13H,2,5,8H2,1H3. The number of aryl methyl sites for hydroxylation is 1. The average Bonchev–Trinajstić information content (AvgIpc) is 2.73. The van der Waals surface area contributed by atoms with Crippen LogP contribution in [0.15, 0.2) is 24.3 Å². The molecule has 0 unspecified atom stereocenters. The summed E-state index contributed by atoms with van der Waals surface area (Å²) in [5.74, 6) is 2.06. The van der Waals surface area contributed by atoms with Crippen molar-refractivity contribution < 1.29 is 0 Å². The smallest absolute Gasteiger partial charge is 0.157 e. The van der Waals surface area contributed by atoms with Crippen LogP contribution in [0.25, 0.3) is 5.69 Å². The van der Waals surface area contributed by atoms with Crippen LogP contribution in [0.5, 0.6) is 0 Å². The van der Waals surface area contributed by atoms with Gasteiger partial charge in [-0.1, -0.05) is 19.1 Å². The van der Waals surface area contributed by atoms with Gasteiger partial charge in [0.15, 0.2) is 5.82 Å². The molecule has 82 valence electrons. The number of aromatic nitrogens is 3. The third-order valence-corrected chi connectivity index (χ3v) is 2.85. The van der Waals surface area contributed by atoms with Crippen LogP contribution in [0.1, 0.15) is 25.0 Å². The fraction of sp³-hybridized carbons (Fsp3) is 0.333. The molecule has 0 spiro atoms. The Kier molecular flexibility index (Phi) is 2.13. The summed E-state index contributed by atoms with van der Waals surface area (Å²) >= 11 is 0. The molecule has 0 saturated heterocycles. The highest BCUT2D eigenvalue weighted by molar-refractivity contribution is 5.63. The molecule has 0 fully saturated rings. The Morgan fingerprint density at radius 3 is 3.06 bits per heavy atom. The molecule has 1 N–H and O–H groups in total. The Morgan fingerprint density at radius 2 is 2.19 bits per heavy atom. The van der Waals surface area contributed by atoms with Gasteiger partial charge in [-0.05, 0) is 18.6 Å². The SMILES string of the molecule is CCCc1nnc2n1-c1ccccc1NC2. The predicted octanol–water partition coefficient (Wildman–Crippen LogP) is 2.15. The Morgan fingerprint density at radius 1 is 1.31 bits per heavy atom. The van der Waals surface area contributed by atoms with E-state index >= 15 is 0 Å². The van der Waals surface area contributed by atoms with Crippen LogP contribution in [0.2, 0.25) is 0 Å². The van der Waals surface area contributed by atoms with Crippen molar-refractivity contribution in [3.63, 3.8) is 0 Å². The van der Waals surface area contributed by atoms with Gasteiger partial charge in [-0.3, -0.25) is 4.57 Å². The van der Waals surface area contributed by atoms with Gasteiger partial charge in [-0.2, -0.15) is 0 Å². The Labute approximate surface area is 94.3 Å². The number of hydrogen-bond acceptors (Lipinski definition) is 3. The minimum Gasteiger partial charge on any atom is -0.376 e. The lowest BCUT2D eigenvalue weighted by molar-refractivity contribution is 0.781. The van der Waals surface area contributed by atoms with Crippen LogP contribution in [0.4, 0.5) is 5.69 Å². The third-order valence-electron chi connectivity index (χ3n) is 2.85. The lowest BCUT2D eigenvalue weighted by atomic mass is 10.2. The first kappa shape index (κ1) is 9.39. The van der Waals surface area contributed by atoms with Crippen LogP contribution in [-0.4, -0.2) is 14.8 Å². The highest BCUT2D eigenvalue weighted by Gasteiger charge is 2.19. The molecular weight excluding hydrogens is 200 g/mol. The van der Waals surface area contributed by atoms with Crippen molar-refractivity contribution in [1.29, 1.82) is 0 Å². The second-order valence-corrected chi connectivity index (χ2v) is 3.99. The minimum atomic E-state index is 0.758. The number of benzene rings is 1. The number of nitrogens with zero attached hydrogens (tertiary/aromatic N) is 3. The van der Waals surface area contributed by atoms with Crippen LogP contribution >= 0.6 is 0 Å². The second kappa shape index (κ2) is 3.63. The molecular formula is C12H14N4. The molecule has 0 bridgehead atoms. The van der Waals surface area contributed by atoms with E-state index in [0.29, 0.717) is 0 Å². The van der Waals surface area contributed by atoms with Gasteiger partial charge in [-0.25, -0.2) is 0 Å². The van der Waals surface area contributed by atoms with Crippen LogP contribution < -0.4 is 5.32 Å². The van der Waals surface area contributed by atoms with Gasteiger partial charge in [-0.15, -0.1) is 10.2 Å². The quantitative estimate of drug-likeness (QED) is 0.832. The summed E-state index contributed by atoms with van der Waals surface area (Å²) in [6, 6.07) is 8.29. The van der Waals surface area contributed by atoms with Gasteiger partial charge in [0, 0.05) is 6.42 Å². The van der Waals surface area contributed by atoms with E-state index in [1.165, 1.54) is 0 Å². The van der Waals surface area contributed by atoms with Crippen molar-refractivity contribution in [1.82, 2.24) is 14.8 Å². The maximum Gasteiger partial charge on any atom is 0.157 e. The number of para-hydroxylation sites is 2. The van der Waals surface area contributed by atoms with Crippen LogP contribution in [-0.2, 0) is 13.0 Å². The summed E-state index contributed by atoms with van der Waals surface area (Å²) in [5, 5.41) is 11.8. The van der Waals surface area contributed by atoms with Crippen molar-refractivity contribution in [2.75, 3.05) is 5.32 Å². The second-order valence-electron chi connectivity index (χ2n) is 3.99. The van der Waals surface area contributed by atoms with Gasteiger partial charge in [0.05, 0.1) is 17.9 Å². The zero-order valence-electron chi connectivity index (χ0n) is 9.27. The third kappa shape index (κ3) is 1.30. The molecule has 0 radical (unpaired) electrons. The Bertz CT molecular complexity index is 515. The predicted molar refractivity (Wildman–Crippen MR) is 62.7 cm³/mol. The van der Waals surface area contributed by atoms with E-state index < -0.39 is 0 Å².